The van der Waals surface area contributed by atoms with E-state index in [1.807, 2.05) is 7.05 Å². The Morgan fingerprint density at radius 2 is 1.94 bits per heavy atom. The van der Waals surface area contributed by atoms with E-state index in [2.05, 4.69) is 70.4 Å². The molecule has 3 aromatic heterocycles. The minimum atomic E-state index is -0.694. The van der Waals surface area contributed by atoms with Crippen LogP contribution in [0.5, 0.6) is 6.01 Å². The standard InChI is InChI=1S/C37H44F2N8O2S/c1-22-16-47(23(2)18-48-17-22)19-36(12-13-36)21-49-35-43-31-26(33(44-35)46(6)20-37(45(4)5)10-7-11-37)15-42-30(29(31)39)24-8-9-27(38)32-28(24)25(14-40)34(41-3)50-32/h8-9,15,22-23H,3,7,10-13,16-21H2,1-2,4-6H3/t22-,23+/m1/s1. The predicted octanol–water partition coefficient (Wildman–Crippen LogP) is 6.82. The zero-order valence-electron chi connectivity index (χ0n) is 29.4. The molecule has 0 radical (unpaired) electrons. The first-order chi connectivity index (χ1) is 24.0. The molecule has 0 amide bonds. The Hall–Kier alpha value is -3.83. The van der Waals surface area contributed by atoms with Crippen molar-refractivity contribution in [1.29, 1.82) is 5.26 Å². The SMILES string of the molecule is C=Nc1sc2c(F)ccc(-c3ncc4c(N(C)CC5(N(C)C)CCC5)nc(OCC5(CN6C[C@@H](C)COC[C@@H]6C)CC5)nc4c3F)c2c1C#N. The number of hydrogen-bond acceptors (Lipinski definition) is 11. The van der Waals surface area contributed by atoms with Gasteiger partial charge < -0.3 is 19.3 Å². The van der Waals surface area contributed by atoms with Gasteiger partial charge in [0.1, 0.15) is 33.9 Å². The molecule has 0 bridgehead atoms. The van der Waals surface area contributed by atoms with Crippen molar-refractivity contribution in [2.45, 2.75) is 57.5 Å². The van der Waals surface area contributed by atoms with Gasteiger partial charge in [0.2, 0.25) is 0 Å². The smallest absolute Gasteiger partial charge is 0.319 e. The summed E-state index contributed by atoms with van der Waals surface area (Å²) in [6.07, 6.45) is 6.89. The van der Waals surface area contributed by atoms with Crippen molar-refractivity contribution in [3.8, 4) is 23.3 Å². The number of benzene rings is 1. The molecule has 1 saturated heterocycles. The molecule has 4 aromatic rings. The van der Waals surface area contributed by atoms with Gasteiger partial charge in [0.15, 0.2) is 5.82 Å². The van der Waals surface area contributed by atoms with Crippen molar-refractivity contribution < 1.29 is 18.3 Å². The van der Waals surface area contributed by atoms with Gasteiger partial charge in [0.25, 0.3) is 0 Å². The highest BCUT2D eigenvalue weighted by molar-refractivity contribution is 7.23. The molecule has 0 unspecified atom stereocenters. The lowest BCUT2D eigenvalue weighted by atomic mass is 9.75. The summed E-state index contributed by atoms with van der Waals surface area (Å²) in [5.41, 5.74) is 0.369. The lowest BCUT2D eigenvalue weighted by Gasteiger charge is -2.49. The molecule has 10 nitrogen and oxygen atoms in total. The average Bonchev–Trinajstić information content (AvgIpc) is 3.77. The highest BCUT2D eigenvalue weighted by Gasteiger charge is 2.46. The lowest BCUT2D eigenvalue weighted by molar-refractivity contribution is 0.0681. The van der Waals surface area contributed by atoms with E-state index in [4.69, 9.17) is 14.5 Å². The normalized spacial score (nSPS) is 21.5. The maximum absolute atomic E-state index is 16.9. The van der Waals surface area contributed by atoms with Crippen molar-refractivity contribution in [2.24, 2.45) is 16.3 Å². The number of thiophene rings is 1. The van der Waals surface area contributed by atoms with Crippen LogP contribution in [0.3, 0.4) is 0 Å². The van der Waals surface area contributed by atoms with Gasteiger partial charge in [-0.05, 0) is 77.9 Å². The summed E-state index contributed by atoms with van der Waals surface area (Å²) in [6.45, 7) is 12.4. The van der Waals surface area contributed by atoms with Gasteiger partial charge in [-0.1, -0.05) is 6.92 Å². The Bertz CT molecular complexity index is 1990. The molecule has 1 aromatic carbocycles. The molecule has 13 heteroatoms. The van der Waals surface area contributed by atoms with Gasteiger partial charge in [0, 0.05) is 60.8 Å². The molecule has 264 valence electrons. The van der Waals surface area contributed by atoms with Crippen LogP contribution < -0.4 is 9.64 Å². The molecule has 2 atom stereocenters. The van der Waals surface area contributed by atoms with E-state index >= 15 is 4.39 Å². The summed E-state index contributed by atoms with van der Waals surface area (Å²) in [6, 6.07) is 5.23. The summed E-state index contributed by atoms with van der Waals surface area (Å²) in [4.78, 5) is 24.9. The van der Waals surface area contributed by atoms with Crippen LogP contribution in [-0.4, -0.2) is 104 Å². The number of ether oxygens (including phenoxy) is 2. The Balaban J connectivity index is 1.29. The van der Waals surface area contributed by atoms with Crippen LogP contribution in [0.25, 0.3) is 32.2 Å². The number of pyridine rings is 1. The van der Waals surface area contributed by atoms with Crippen molar-refractivity contribution in [1.82, 2.24) is 24.8 Å². The van der Waals surface area contributed by atoms with E-state index in [9.17, 15) is 9.65 Å². The summed E-state index contributed by atoms with van der Waals surface area (Å²) in [7, 11) is 6.15. The second kappa shape index (κ2) is 13.4. The number of nitrogens with zero attached hydrogens (tertiary/aromatic N) is 8. The number of rotatable bonds is 11. The van der Waals surface area contributed by atoms with E-state index in [0.717, 1.165) is 63.1 Å². The predicted molar refractivity (Wildman–Crippen MR) is 194 cm³/mol. The highest BCUT2D eigenvalue weighted by Crippen LogP contribution is 2.48. The summed E-state index contributed by atoms with van der Waals surface area (Å²) < 4.78 is 44.4. The number of anilines is 1. The zero-order valence-corrected chi connectivity index (χ0v) is 30.2. The van der Waals surface area contributed by atoms with Gasteiger partial charge in [-0.3, -0.25) is 14.9 Å². The fraction of sp³-hybridized carbons (Fsp3) is 0.541. The van der Waals surface area contributed by atoms with Crippen LogP contribution in [-0.2, 0) is 4.74 Å². The third-order valence-corrected chi connectivity index (χ3v) is 12.1. The number of hydrogen-bond donors (Lipinski definition) is 0. The summed E-state index contributed by atoms with van der Waals surface area (Å²) in [5, 5.41) is 11.0. The maximum Gasteiger partial charge on any atom is 0.319 e. The van der Waals surface area contributed by atoms with Gasteiger partial charge in [-0.2, -0.15) is 15.2 Å². The Labute approximate surface area is 295 Å². The monoisotopic (exact) mass is 702 g/mol. The topological polar surface area (TPSA) is 103 Å². The van der Waals surface area contributed by atoms with Crippen LogP contribution in [0.1, 0.15) is 51.5 Å². The molecule has 7 rings (SSSR count). The Kier molecular flexibility index (Phi) is 9.26. The quantitative estimate of drug-likeness (QED) is 0.156. The summed E-state index contributed by atoms with van der Waals surface area (Å²) >= 11 is 1.00. The molecule has 4 heterocycles. The number of likely N-dealkylation sites (N-methyl/N-ethyl adjacent to an activating group) is 2. The lowest BCUT2D eigenvalue weighted by Crippen LogP contribution is -2.56. The highest BCUT2D eigenvalue weighted by atomic mass is 32.1. The van der Waals surface area contributed by atoms with Crippen LogP contribution in [0, 0.1) is 34.3 Å². The van der Waals surface area contributed by atoms with E-state index in [-0.39, 0.29) is 54.4 Å². The zero-order chi connectivity index (χ0) is 35.4. The fourth-order valence-corrected chi connectivity index (χ4v) is 8.54. The van der Waals surface area contributed by atoms with Crippen LogP contribution >= 0.6 is 11.3 Å². The largest absolute Gasteiger partial charge is 0.463 e. The van der Waals surface area contributed by atoms with Gasteiger partial charge in [-0.15, -0.1) is 11.3 Å². The van der Waals surface area contributed by atoms with E-state index < -0.39 is 11.6 Å². The molecule has 2 aliphatic carbocycles. The molecule has 3 aliphatic rings. The average molecular weight is 703 g/mol. The number of aliphatic imine (C=N–C) groups is 1. The van der Waals surface area contributed by atoms with Crippen LogP contribution in [0.2, 0.25) is 0 Å². The van der Waals surface area contributed by atoms with Crippen molar-refractivity contribution in [2.75, 3.05) is 65.5 Å². The first-order valence-electron chi connectivity index (χ1n) is 17.3. The van der Waals surface area contributed by atoms with E-state index in [1.54, 1.807) is 6.20 Å². The number of aromatic nitrogens is 3. The second-order valence-electron chi connectivity index (χ2n) is 14.9. The molecule has 0 N–H and O–H groups in total. The van der Waals surface area contributed by atoms with Crippen LogP contribution in [0.15, 0.2) is 23.3 Å². The van der Waals surface area contributed by atoms with E-state index in [0.29, 0.717) is 42.9 Å². The second-order valence-corrected chi connectivity index (χ2v) is 15.9. The third-order valence-electron chi connectivity index (χ3n) is 11.0. The molecular formula is C37H44F2N8O2S. The molecule has 0 spiro atoms. The van der Waals surface area contributed by atoms with Crippen molar-refractivity contribution >= 4 is 49.9 Å². The maximum atomic E-state index is 16.9. The third kappa shape index (κ3) is 6.21. The molecular weight excluding hydrogens is 659 g/mol. The molecule has 50 heavy (non-hydrogen) atoms. The van der Waals surface area contributed by atoms with Crippen molar-refractivity contribution in [3.63, 3.8) is 0 Å². The molecule has 2 saturated carbocycles. The van der Waals surface area contributed by atoms with Gasteiger partial charge >= 0.3 is 6.01 Å². The number of fused-ring (bicyclic) bond motifs is 2. The molecule has 3 fully saturated rings. The summed E-state index contributed by atoms with van der Waals surface area (Å²) in [5.74, 6) is -0.242. The number of nitriles is 1. The van der Waals surface area contributed by atoms with Gasteiger partial charge in [0.05, 0.1) is 35.5 Å². The van der Waals surface area contributed by atoms with Crippen LogP contribution in [0.4, 0.5) is 19.6 Å². The molecule has 1 aliphatic heterocycles. The van der Waals surface area contributed by atoms with E-state index in [1.165, 1.54) is 12.1 Å². The first-order valence-corrected chi connectivity index (χ1v) is 18.1. The van der Waals surface area contributed by atoms with Gasteiger partial charge in [-0.25, -0.2) is 8.78 Å². The Morgan fingerprint density at radius 3 is 2.60 bits per heavy atom. The van der Waals surface area contributed by atoms with Crippen molar-refractivity contribution in [3.05, 3.63) is 35.5 Å². The minimum Gasteiger partial charge on any atom is -0.463 e. The number of halogens is 2. The minimum absolute atomic E-state index is 0.0228. The first kappa shape index (κ1) is 34.6. The Morgan fingerprint density at radius 1 is 1.16 bits per heavy atom. The fourth-order valence-electron chi connectivity index (χ4n) is 7.56.